The predicted molar refractivity (Wildman–Crippen MR) is 79.3 cm³/mol. The number of methoxy groups -OCH3 is 1. The summed E-state index contributed by atoms with van der Waals surface area (Å²) >= 11 is 0. The first-order chi connectivity index (χ1) is 9.04. The number of nitrogens with one attached hydrogen (secondary N) is 1. The average Bonchev–Trinajstić information content (AvgIpc) is 2.40. The lowest BCUT2D eigenvalue weighted by molar-refractivity contribution is 0.415. The summed E-state index contributed by atoms with van der Waals surface area (Å²) in [5.74, 6) is 0.700. The van der Waals surface area contributed by atoms with Gasteiger partial charge < -0.3 is 15.5 Å². The Labute approximate surface area is 113 Å². The van der Waals surface area contributed by atoms with Crippen molar-refractivity contribution in [2.24, 2.45) is 5.73 Å². The third-order valence-electron chi connectivity index (χ3n) is 1.85. The summed E-state index contributed by atoms with van der Waals surface area (Å²) < 4.78 is 5.01. The van der Waals surface area contributed by atoms with Gasteiger partial charge in [-0.15, -0.1) is 0 Å². The van der Waals surface area contributed by atoms with E-state index in [1.54, 1.807) is 32.2 Å². The van der Waals surface area contributed by atoms with Crippen molar-refractivity contribution in [2.45, 2.75) is 20.8 Å². The number of rotatable bonds is 1. The third kappa shape index (κ3) is 5.72. The third-order valence-corrected chi connectivity index (χ3v) is 1.85. The zero-order valence-corrected chi connectivity index (χ0v) is 11.9. The van der Waals surface area contributed by atoms with Crippen LogP contribution in [0.3, 0.4) is 0 Å². The number of nitrogens with two attached hydrogens (primary N) is 1. The molecule has 0 unspecified atom stereocenters. The van der Waals surface area contributed by atoms with E-state index in [9.17, 15) is 4.79 Å². The van der Waals surface area contributed by atoms with E-state index in [-0.39, 0.29) is 5.56 Å². The normalized spacial score (nSPS) is 8.63. The number of ether oxygens (including phenoxy) is 1. The highest BCUT2D eigenvalue weighted by Crippen LogP contribution is 2.14. The van der Waals surface area contributed by atoms with E-state index in [0.717, 1.165) is 0 Å². The van der Waals surface area contributed by atoms with Crippen molar-refractivity contribution in [2.75, 3.05) is 7.11 Å². The van der Waals surface area contributed by atoms with Gasteiger partial charge in [-0.1, -0.05) is 20.4 Å². The summed E-state index contributed by atoms with van der Waals surface area (Å²) in [5, 5.41) is 0.573. The van der Waals surface area contributed by atoms with Crippen LogP contribution in [0.4, 0.5) is 0 Å². The van der Waals surface area contributed by atoms with Crippen molar-refractivity contribution in [3.8, 4) is 5.75 Å². The molecule has 19 heavy (non-hydrogen) atoms. The minimum atomic E-state index is -0.132. The maximum atomic E-state index is 11.2. The molecule has 5 heteroatoms. The molecule has 0 saturated heterocycles. The van der Waals surface area contributed by atoms with Gasteiger partial charge in [0.1, 0.15) is 5.75 Å². The molecule has 1 aromatic carbocycles. The van der Waals surface area contributed by atoms with E-state index in [4.69, 9.17) is 10.5 Å². The highest BCUT2D eigenvalue weighted by Gasteiger charge is 1.99. The molecule has 0 saturated carbocycles. The second-order valence-corrected chi connectivity index (χ2v) is 3.46. The van der Waals surface area contributed by atoms with E-state index in [0.29, 0.717) is 22.3 Å². The van der Waals surface area contributed by atoms with Crippen molar-refractivity contribution >= 4 is 10.9 Å². The van der Waals surface area contributed by atoms with Gasteiger partial charge in [0.15, 0.2) is 0 Å². The van der Waals surface area contributed by atoms with Crippen LogP contribution in [-0.2, 0) is 0 Å². The zero-order chi connectivity index (χ0) is 14.8. The van der Waals surface area contributed by atoms with Gasteiger partial charge in [-0.3, -0.25) is 4.79 Å². The van der Waals surface area contributed by atoms with E-state index in [1.165, 1.54) is 6.33 Å². The lowest BCUT2D eigenvalue weighted by Crippen LogP contribution is -2.05. The summed E-state index contributed by atoms with van der Waals surface area (Å²) in [4.78, 5) is 17.8. The number of hydrogen-bond donors (Lipinski definition) is 2. The summed E-state index contributed by atoms with van der Waals surface area (Å²) in [5.41, 5.74) is 6.09. The van der Waals surface area contributed by atoms with E-state index >= 15 is 0 Å². The van der Waals surface area contributed by atoms with Crippen LogP contribution < -0.4 is 16.0 Å². The summed E-state index contributed by atoms with van der Waals surface area (Å²) in [6, 6.07) is 5.16. The van der Waals surface area contributed by atoms with Gasteiger partial charge in [-0.05, 0) is 24.8 Å². The number of H-pyrrole nitrogens is 1. The largest absolute Gasteiger partial charge is 0.497 e. The maximum absolute atomic E-state index is 11.2. The first kappa shape index (κ1) is 16.7. The van der Waals surface area contributed by atoms with Crippen molar-refractivity contribution < 1.29 is 4.74 Å². The van der Waals surface area contributed by atoms with Crippen LogP contribution in [0, 0.1) is 0 Å². The molecule has 2 rings (SSSR count). The van der Waals surface area contributed by atoms with Crippen molar-refractivity contribution in [3.63, 3.8) is 0 Å². The molecule has 5 nitrogen and oxygen atoms in total. The monoisotopic (exact) mass is 263 g/mol. The number of aromatic amines is 1. The molecule has 0 bridgehead atoms. The van der Waals surface area contributed by atoms with Gasteiger partial charge in [0.25, 0.3) is 5.56 Å². The van der Waals surface area contributed by atoms with Gasteiger partial charge in [0.05, 0.1) is 24.3 Å². The highest BCUT2D eigenvalue weighted by atomic mass is 16.5. The Morgan fingerprint density at radius 3 is 2.53 bits per heavy atom. The second-order valence-electron chi connectivity index (χ2n) is 3.46. The number of aromatic nitrogens is 2. The number of allylic oxidation sites excluding steroid dienone is 1. The van der Waals surface area contributed by atoms with Crippen molar-refractivity contribution in [3.05, 3.63) is 47.2 Å². The summed E-state index contributed by atoms with van der Waals surface area (Å²) in [7, 11) is 1.58. The second kappa shape index (κ2) is 8.74. The van der Waals surface area contributed by atoms with Gasteiger partial charge >= 0.3 is 0 Å². The van der Waals surface area contributed by atoms with Crippen molar-refractivity contribution in [1.82, 2.24) is 9.97 Å². The number of hydrogen-bond acceptors (Lipinski definition) is 4. The Kier molecular flexibility index (Phi) is 7.68. The molecule has 1 aromatic heterocycles. The molecular weight excluding hydrogens is 242 g/mol. The minimum absolute atomic E-state index is 0.132. The van der Waals surface area contributed by atoms with E-state index in [2.05, 4.69) is 16.5 Å². The molecule has 0 amide bonds. The lowest BCUT2D eigenvalue weighted by Gasteiger charge is -1.99. The molecule has 104 valence electrons. The van der Waals surface area contributed by atoms with Gasteiger partial charge in [0, 0.05) is 6.07 Å². The zero-order valence-electron chi connectivity index (χ0n) is 11.9. The smallest absolute Gasteiger partial charge is 0.258 e. The number of nitrogens with zero attached hydrogens (tertiary/aromatic N) is 1. The Hall–Kier alpha value is -2.30. The fraction of sp³-hybridized carbons (Fsp3) is 0.286. The average molecular weight is 263 g/mol. The van der Waals surface area contributed by atoms with E-state index < -0.39 is 0 Å². The molecule has 0 radical (unpaired) electrons. The topological polar surface area (TPSA) is 81.0 Å². The van der Waals surface area contributed by atoms with Crippen LogP contribution in [0.5, 0.6) is 5.75 Å². The predicted octanol–water partition coefficient (Wildman–Crippen LogP) is 2.44. The minimum Gasteiger partial charge on any atom is -0.497 e. The Bertz CT molecular complexity index is 572. The van der Waals surface area contributed by atoms with E-state index in [1.807, 2.05) is 13.8 Å². The summed E-state index contributed by atoms with van der Waals surface area (Å²) in [6.07, 6.45) is 1.38. The highest BCUT2D eigenvalue weighted by molar-refractivity contribution is 5.78. The molecule has 1 heterocycles. The van der Waals surface area contributed by atoms with Crippen LogP contribution in [0.1, 0.15) is 20.8 Å². The first-order valence-corrected chi connectivity index (χ1v) is 5.97. The Morgan fingerprint density at radius 1 is 1.42 bits per heavy atom. The summed E-state index contributed by atoms with van der Waals surface area (Å²) in [6.45, 7) is 9.08. The Morgan fingerprint density at radius 2 is 2.00 bits per heavy atom. The molecule has 3 N–H and O–H groups in total. The molecule has 0 atom stereocenters. The quantitative estimate of drug-likeness (QED) is 0.828. The standard InChI is InChI=1S/C9H8N2O2.C3H7N.C2H6/c1-13-6-2-3-7-8(4-6)10-5-11-9(7)12;1-3(2)4;1-2/h2-5H,1H3,(H,10,11,12);1,4H2,2H3;1-2H3. The molecule has 0 aliphatic rings. The number of fused-ring (bicyclic) bond motifs is 1. The van der Waals surface area contributed by atoms with Crippen LogP contribution in [0.25, 0.3) is 10.9 Å². The van der Waals surface area contributed by atoms with Crippen LogP contribution in [-0.4, -0.2) is 17.1 Å². The van der Waals surface area contributed by atoms with Crippen molar-refractivity contribution in [1.29, 1.82) is 0 Å². The fourth-order valence-electron chi connectivity index (χ4n) is 1.18. The van der Waals surface area contributed by atoms with Crippen LogP contribution >= 0.6 is 0 Å². The lowest BCUT2D eigenvalue weighted by atomic mass is 10.2. The van der Waals surface area contributed by atoms with Crippen LogP contribution in [0.15, 0.2) is 41.6 Å². The first-order valence-electron chi connectivity index (χ1n) is 5.97. The Balaban J connectivity index is 0.000000467. The fourth-order valence-corrected chi connectivity index (χ4v) is 1.18. The van der Waals surface area contributed by atoms with Gasteiger partial charge in [0.2, 0.25) is 0 Å². The molecule has 0 aliphatic heterocycles. The van der Waals surface area contributed by atoms with Crippen LogP contribution in [0.2, 0.25) is 0 Å². The molecule has 0 spiro atoms. The molecular formula is C14H21N3O2. The maximum Gasteiger partial charge on any atom is 0.258 e. The molecule has 0 fully saturated rings. The molecule has 2 aromatic rings. The van der Waals surface area contributed by atoms with Gasteiger partial charge in [-0.2, -0.15) is 0 Å². The number of benzene rings is 1. The SMILES string of the molecule is C=C(C)N.CC.COc1ccc2c(=O)[nH]cnc2c1. The van der Waals surface area contributed by atoms with Gasteiger partial charge in [-0.25, -0.2) is 4.98 Å². The molecule has 0 aliphatic carbocycles.